The highest BCUT2D eigenvalue weighted by Crippen LogP contribution is 2.29. The molecule has 10 heteroatoms. The Bertz CT molecular complexity index is 1450. The number of aryl methyl sites for hydroxylation is 1. The largest absolute Gasteiger partial charge is 0.355 e. The molecule has 0 atom stereocenters. The van der Waals surface area contributed by atoms with E-state index in [9.17, 15) is 18.0 Å². The monoisotopic (exact) mass is 478 g/mol. The van der Waals surface area contributed by atoms with Crippen LogP contribution in [0.15, 0.2) is 82.2 Å². The van der Waals surface area contributed by atoms with Crippen LogP contribution >= 0.6 is 0 Å². The van der Waals surface area contributed by atoms with E-state index >= 15 is 0 Å². The van der Waals surface area contributed by atoms with Gasteiger partial charge in [0.1, 0.15) is 5.52 Å². The van der Waals surface area contributed by atoms with Gasteiger partial charge in [0.25, 0.3) is 11.8 Å². The summed E-state index contributed by atoms with van der Waals surface area (Å²) in [5.74, 6) is -0.737. The number of hydrazine groups is 1. The van der Waals surface area contributed by atoms with Crippen molar-refractivity contribution >= 4 is 32.7 Å². The number of fused-ring (bicyclic) bond motifs is 1. The van der Waals surface area contributed by atoms with Gasteiger partial charge in [0.15, 0.2) is 5.76 Å². The molecule has 0 bridgehead atoms. The molecule has 3 aromatic carbocycles. The van der Waals surface area contributed by atoms with Crippen molar-refractivity contribution in [2.24, 2.45) is 0 Å². The summed E-state index contributed by atoms with van der Waals surface area (Å²) in [6.07, 6.45) is 0. The second kappa shape index (κ2) is 9.46. The molecule has 0 aliphatic rings. The third kappa shape index (κ3) is 4.82. The van der Waals surface area contributed by atoms with E-state index in [0.717, 1.165) is 15.4 Å². The zero-order valence-electron chi connectivity index (χ0n) is 18.5. The molecular weight excluding hydrogens is 456 g/mol. The predicted molar refractivity (Wildman–Crippen MR) is 126 cm³/mol. The Balaban J connectivity index is 1.41. The summed E-state index contributed by atoms with van der Waals surface area (Å²) in [5, 5.41) is 4.66. The van der Waals surface area contributed by atoms with E-state index in [4.69, 9.17) is 4.52 Å². The maximum atomic E-state index is 12.6. The molecule has 0 aliphatic heterocycles. The van der Waals surface area contributed by atoms with Crippen LogP contribution in [0.4, 0.5) is 0 Å². The molecule has 0 fully saturated rings. The summed E-state index contributed by atoms with van der Waals surface area (Å²) in [6.45, 7) is 1.37. The van der Waals surface area contributed by atoms with Crippen LogP contribution in [0.2, 0.25) is 0 Å². The van der Waals surface area contributed by atoms with Crippen LogP contribution in [-0.4, -0.2) is 43.3 Å². The fourth-order valence-corrected chi connectivity index (χ4v) is 4.42. The molecule has 0 spiro atoms. The van der Waals surface area contributed by atoms with Gasteiger partial charge in [0.05, 0.1) is 16.8 Å². The van der Waals surface area contributed by atoms with Gasteiger partial charge < -0.3 is 4.52 Å². The van der Waals surface area contributed by atoms with Gasteiger partial charge in [-0.3, -0.25) is 20.4 Å². The second-order valence-corrected chi connectivity index (χ2v) is 9.73. The van der Waals surface area contributed by atoms with E-state index in [1.165, 1.54) is 19.2 Å². The van der Waals surface area contributed by atoms with E-state index in [1.54, 1.807) is 30.3 Å². The van der Waals surface area contributed by atoms with Gasteiger partial charge in [-0.15, -0.1) is 0 Å². The van der Waals surface area contributed by atoms with E-state index in [-0.39, 0.29) is 10.5 Å². The van der Waals surface area contributed by atoms with Crippen molar-refractivity contribution in [3.63, 3.8) is 0 Å². The highest BCUT2D eigenvalue weighted by Gasteiger charge is 2.23. The first-order valence-corrected chi connectivity index (χ1v) is 11.8. The molecule has 4 aromatic rings. The quantitative estimate of drug-likeness (QED) is 0.411. The van der Waals surface area contributed by atoms with Crippen LogP contribution in [0, 0.1) is 6.92 Å². The Morgan fingerprint density at radius 2 is 1.68 bits per heavy atom. The van der Waals surface area contributed by atoms with Crippen LogP contribution in [0.5, 0.6) is 0 Å². The van der Waals surface area contributed by atoms with Crippen LogP contribution in [-0.2, 0) is 14.8 Å². The van der Waals surface area contributed by atoms with Crippen LogP contribution in [0.1, 0.15) is 15.9 Å². The van der Waals surface area contributed by atoms with E-state index in [1.807, 2.05) is 37.3 Å². The average molecular weight is 479 g/mol. The highest BCUT2D eigenvalue weighted by molar-refractivity contribution is 7.89. The maximum Gasteiger partial charge on any atom is 0.269 e. The van der Waals surface area contributed by atoms with Crippen molar-refractivity contribution in [2.75, 3.05) is 13.6 Å². The zero-order chi connectivity index (χ0) is 24.3. The van der Waals surface area contributed by atoms with Crippen molar-refractivity contribution in [1.82, 2.24) is 20.3 Å². The van der Waals surface area contributed by atoms with Crippen molar-refractivity contribution in [3.8, 4) is 11.3 Å². The van der Waals surface area contributed by atoms with Gasteiger partial charge in [0.2, 0.25) is 10.0 Å². The maximum absolute atomic E-state index is 12.6. The molecule has 34 heavy (non-hydrogen) atoms. The normalized spacial score (nSPS) is 11.5. The summed E-state index contributed by atoms with van der Waals surface area (Å²) >= 11 is 0. The summed E-state index contributed by atoms with van der Waals surface area (Å²) < 4.78 is 31.6. The standard InChI is InChI=1S/C24H22N4O5S/c1-16-8-11-19(12-9-16)34(31,32)28(2)15-22(29)25-26-24(30)18-10-13-21-20(14-18)23(33-27-21)17-6-4-3-5-7-17/h3-14H,15H2,1-2H3,(H,25,29)(H,26,30). The fraction of sp³-hybridized carbons (Fsp3) is 0.125. The Kier molecular flexibility index (Phi) is 6.44. The zero-order valence-corrected chi connectivity index (χ0v) is 19.3. The lowest BCUT2D eigenvalue weighted by molar-refractivity contribution is -0.121. The molecule has 9 nitrogen and oxygen atoms in total. The number of nitrogens with zero attached hydrogens (tertiary/aromatic N) is 2. The molecule has 2 amide bonds. The molecule has 4 rings (SSSR count). The third-order valence-electron chi connectivity index (χ3n) is 5.19. The minimum absolute atomic E-state index is 0.0775. The molecule has 174 valence electrons. The smallest absolute Gasteiger partial charge is 0.269 e. The number of benzene rings is 3. The minimum atomic E-state index is -3.85. The molecule has 0 aliphatic carbocycles. The number of carbonyl (C=O) groups is 2. The topological polar surface area (TPSA) is 122 Å². The lowest BCUT2D eigenvalue weighted by Gasteiger charge is -2.17. The SMILES string of the molecule is Cc1ccc(S(=O)(=O)N(C)CC(=O)NNC(=O)c2ccc3noc(-c4ccccc4)c3c2)cc1. The van der Waals surface area contributed by atoms with Gasteiger partial charge in [0, 0.05) is 18.2 Å². The molecule has 1 aromatic heterocycles. The number of hydrogen-bond acceptors (Lipinski definition) is 6. The first-order chi connectivity index (χ1) is 16.3. The first kappa shape index (κ1) is 23.1. The molecule has 0 saturated carbocycles. The summed E-state index contributed by atoms with van der Waals surface area (Å²) in [6, 6.07) is 20.5. The number of rotatable bonds is 6. The van der Waals surface area contributed by atoms with Crippen LogP contribution in [0.3, 0.4) is 0 Å². The number of aromatic nitrogens is 1. The van der Waals surface area contributed by atoms with Crippen molar-refractivity contribution in [3.05, 3.63) is 83.9 Å². The molecule has 0 saturated heterocycles. The number of carbonyl (C=O) groups excluding carboxylic acids is 2. The van der Waals surface area contributed by atoms with Gasteiger partial charge in [-0.1, -0.05) is 53.2 Å². The summed E-state index contributed by atoms with van der Waals surface area (Å²) in [5.41, 5.74) is 7.15. The Morgan fingerprint density at radius 1 is 0.971 bits per heavy atom. The molecule has 0 unspecified atom stereocenters. The molecule has 0 radical (unpaired) electrons. The predicted octanol–water partition coefficient (Wildman–Crippen LogP) is 2.88. The minimum Gasteiger partial charge on any atom is -0.355 e. The van der Waals surface area contributed by atoms with Gasteiger partial charge >= 0.3 is 0 Å². The van der Waals surface area contributed by atoms with Gasteiger partial charge in [-0.25, -0.2) is 8.42 Å². The van der Waals surface area contributed by atoms with Gasteiger partial charge in [-0.2, -0.15) is 4.31 Å². The second-order valence-electron chi connectivity index (χ2n) is 7.69. The number of sulfonamides is 1. The fourth-order valence-electron chi connectivity index (χ4n) is 3.30. The number of nitrogens with one attached hydrogen (secondary N) is 2. The van der Waals surface area contributed by atoms with E-state index < -0.39 is 28.4 Å². The van der Waals surface area contributed by atoms with E-state index in [0.29, 0.717) is 16.7 Å². The first-order valence-electron chi connectivity index (χ1n) is 10.3. The lowest BCUT2D eigenvalue weighted by Crippen LogP contribution is -2.46. The molecule has 2 N–H and O–H groups in total. The van der Waals surface area contributed by atoms with Crippen molar-refractivity contribution in [2.45, 2.75) is 11.8 Å². The third-order valence-corrected chi connectivity index (χ3v) is 7.00. The Labute approximate surface area is 196 Å². The van der Waals surface area contributed by atoms with E-state index in [2.05, 4.69) is 16.0 Å². The van der Waals surface area contributed by atoms with Crippen LogP contribution < -0.4 is 10.9 Å². The summed E-state index contributed by atoms with van der Waals surface area (Å²) in [7, 11) is -2.55. The lowest BCUT2D eigenvalue weighted by atomic mass is 10.1. The van der Waals surface area contributed by atoms with Gasteiger partial charge in [-0.05, 0) is 37.3 Å². The number of amides is 2. The van der Waals surface area contributed by atoms with Crippen molar-refractivity contribution in [1.29, 1.82) is 0 Å². The Hall–Kier alpha value is -4.02. The summed E-state index contributed by atoms with van der Waals surface area (Å²) in [4.78, 5) is 24.9. The number of likely N-dealkylation sites (N-methyl/N-ethyl adjacent to an activating group) is 1. The highest BCUT2D eigenvalue weighted by atomic mass is 32.2. The van der Waals surface area contributed by atoms with Crippen molar-refractivity contribution < 1.29 is 22.5 Å². The number of hydrogen-bond donors (Lipinski definition) is 2. The van der Waals surface area contributed by atoms with Crippen LogP contribution in [0.25, 0.3) is 22.2 Å². The average Bonchev–Trinajstić information content (AvgIpc) is 3.26. The molecular formula is C24H22N4O5S. The molecule has 1 heterocycles. The Morgan fingerprint density at radius 3 is 2.38 bits per heavy atom.